The molecule has 1 fully saturated rings. The zero-order chi connectivity index (χ0) is 15.6. The molecule has 0 spiro atoms. The maximum atomic E-state index is 12.5. The average molecular weight is 327 g/mol. The van der Waals surface area contributed by atoms with Crippen LogP contribution < -0.4 is 0 Å². The van der Waals surface area contributed by atoms with E-state index >= 15 is 0 Å². The number of benzene rings is 1. The Morgan fingerprint density at radius 2 is 2.05 bits per heavy atom. The normalized spacial score (nSPS) is 22.0. The summed E-state index contributed by atoms with van der Waals surface area (Å²) in [5.41, 5.74) is 1.15. The van der Waals surface area contributed by atoms with E-state index in [1.165, 1.54) is 11.8 Å². The summed E-state index contributed by atoms with van der Waals surface area (Å²) in [5, 5.41) is -0.223. The van der Waals surface area contributed by atoms with Crippen molar-refractivity contribution in [1.82, 2.24) is 4.90 Å². The standard InChI is InChI=1S/C15H21NO3S2/c1-11-6-4-5-7-14(11)20-12(2)15(17)16(3)13-8-9-21(18,19)10-13/h4-7,12-13H,8-10H2,1-3H3. The van der Waals surface area contributed by atoms with E-state index in [2.05, 4.69) is 0 Å². The van der Waals surface area contributed by atoms with Crippen LogP contribution in [0.5, 0.6) is 0 Å². The van der Waals surface area contributed by atoms with Crippen LogP contribution >= 0.6 is 11.8 Å². The maximum Gasteiger partial charge on any atom is 0.235 e. The van der Waals surface area contributed by atoms with Gasteiger partial charge in [-0.05, 0) is 31.9 Å². The molecule has 0 saturated carbocycles. The first-order valence-electron chi connectivity index (χ1n) is 6.99. The number of thioether (sulfide) groups is 1. The molecule has 1 aliphatic rings. The first-order valence-corrected chi connectivity index (χ1v) is 9.69. The fourth-order valence-corrected chi connectivity index (χ4v) is 5.31. The second kappa shape index (κ2) is 6.40. The molecule has 2 unspecified atom stereocenters. The van der Waals surface area contributed by atoms with Gasteiger partial charge < -0.3 is 4.90 Å². The smallest absolute Gasteiger partial charge is 0.235 e. The Balaban J connectivity index is 2.01. The van der Waals surface area contributed by atoms with E-state index in [1.54, 1.807) is 11.9 Å². The molecule has 0 aromatic heterocycles. The Morgan fingerprint density at radius 3 is 2.62 bits per heavy atom. The van der Waals surface area contributed by atoms with E-state index in [0.717, 1.165) is 10.5 Å². The Morgan fingerprint density at radius 1 is 1.38 bits per heavy atom. The van der Waals surface area contributed by atoms with Crippen molar-refractivity contribution < 1.29 is 13.2 Å². The lowest BCUT2D eigenvalue weighted by Gasteiger charge is -2.26. The molecule has 116 valence electrons. The fraction of sp³-hybridized carbons (Fsp3) is 0.533. The number of amides is 1. The van der Waals surface area contributed by atoms with Gasteiger partial charge in [0.15, 0.2) is 9.84 Å². The van der Waals surface area contributed by atoms with E-state index < -0.39 is 9.84 Å². The summed E-state index contributed by atoms with van der Waals surface area (Å²) in [7, 11) is -1.25. The largest absolute Gasteiger partial charge is 0.341 e. The molecule has 6 heteroatoms. The summed E-state index contributed by atoms with van der Waals surface area (Å²) in [6.07, 6.45) is 0.548. The monoisotopic (exact) mass is 327 g/mol. The molecule has 1 aliphatic heterocycles. The summed E-state index contributed by atoms with van der Waals surface area (Å²) in [4.78, 5) is 15.2. The predicted octanol–water partition coefficient (Wildman–Crippen LogP) is 2.12. The minimum absolute atomic E-state index is 0.00893. The van der Waals surface area contributed by atoms with Gasteiger partial charge in [-0.1, -0.05) is 18.2 Å². The van der Waals surface area contributed by atoms with E-state index in [-0.39, 0.29) is 28.7 Å². The van der Waals surface area contributed by atoms with E-state index in [1.807, 2.05) is 38.1 Å². The quantitative estimate of drug-likeness (QED) is 0.795. The predicted molar refractivity (Wildman–Crippen MR) is 86.3 cm³/mol. The number of carbonyl (C=O) groups is 1. The van der Waals surface area contributed by atoms with Gasteiger partial charge in [0.2, 0.25) is 5.91 Å². The topological polar surface area (TPSA) is 54.5 Å². The van der Waals surface area contributed by atoms with Gasteiger partial charge in [-0.2, -0.15) is 0 Å². The van der Waals surface area contributed by atoms with Gasteiger partial charge in [0.1, 0.15) is 0 Å². The van der Waals surface area contributed by atoms with Gasteiger partial charge in [-0.3, -0.25) is 4.79 Å². The second-order valence-electron chi connectivity index (χ2n) is 5.53. The van der Waals surface area contributed by atoms with Crippen molar-refractivity contribution in [2.24, 2.45) is 0 Å². The van der Waals surface area contributed by atoms with E-state index in [9.17, 15) is 13.2 Å². The van der Waals surface area contributed by atoms with Crippen LogP contribution in [-0.4, -0.2) is 49.1 Å². The van der Waals surface area contributed by atoms with Gasteiger partial charge in [-0.25, -0.2) is 8.42 Å². The summed E-state index contributed by atoms with van der Waals surface area (Å²) >= 11 is 1.52. The van der Waals surface area contributed by atoms with E-state index in [0.29, 0.717) is 6.42 Å². The SMILES string of the molecule is Cc1ccccc1SC(C)C(=O)N(C)C1CCS(=O)(=O)C1. The zero-order valence-electron chi connectivity index (χ0n) is 12.6. The van der Waals surface area contributed by atoms with Crippen molar-refractivity contribution in [3.8, 4) is 0 Å². The molecule has 0 aliphatic carbocycles. The highest BCUT2D eigenvalue weighted by atomic mass is 32.2. The molecule has 4 nitrogen and oxygen atoms in total. The lowest BCUT2D eigenvalue weighted by atomic mass is 10.2. The molecule has 2 atom stereocenters. The second-order valence-corrected chi connectivity index (χ2v) is 9.14. The van der Waals surface area contributed by atoms with Gasteiger partial charge in [0, 0.05) is 18.0 Å². The van der Waals surface area contributed by atoms with Crippen LogP contribution in [0.1, 0.15) is 18.9 Å². The van der Waals surface area contributed by atoms with Crippen LogP contribution in [0.15, 0.2) is 29.2 Å². The lowest BCUT2D eigenvalue weighted by molar-refractivity contribution is -0.130. The van der Waals surface area contributed by atoms with Crippen LogP contribution in [0.3, 0.4) is 0 Å². The minimum Gasteiger partial charge on any atom is -0.341 e. The van der Waals surface area contributed by atoms with Crippen LogP contribution in [-0.2, 0) is 14.6 Å². The highest BCUT2D eigenvalue weighted by molar-refractivity contribution is 8.00. The highest BCUT2D eigenvalue weighted by Gasteiger charge is 2.34. The van der Waals surface area contributed by atoms with Crippen LogP contribution in [0.4, 0.5) is 0 Å². The maximum absolute atomic E-state index is 12.5. The van der Waals surface area contributed by atoms with Crippen LogP contribution in [0.2, 0.25) is 0 Å². The molecule has 2 rings (SSSR count). The van der Waals surface area contributed by atoms with E-state index in [4.69, 9.17) is 0 Å². The number of nitrogens with zero attached hydrogens (tertiary/aromatic N) is 1. The zero-order valence-corrected chi connectivity index (χ0v) is 14.2. The van der Waals surface area contributed by atoms with Crippen molar-refractivity contribution in [3.05, 3.63) is 29.8 Å². The van der Waals surface area contributed by atoms with Gasteiger partial charge in [0.05, 0.1) is 16.8 Å². The van der Waals surface area contributed by atoms with Gasteiger partial charge >= 0.3 is 0 Å². The number of hydrogen-bond donors (Lipinski definition) is 0. The Bertz CT molecular complexity index is 628. The third-order valence-corrected chi connectivity index (χ3v) is 6.87. The third kappa shape index (κ3) is 4.01. The van der Waals surface area contributed by atoms with Crippen molar-refractivity contribution in [2.75, 3.05) is 18.6 Å². The molecule has 1 aromatic rings. The molecule has 0 bridgehead atoms. The molecule has 1 amide bonds. The summed E-state index contributed by atoms with van der Waals surface area (Å²) in [6.45, 7) is 3.90. The summed E-state index contributed by atoms with van der Waals surface area (Å²) < 4.78 is 23.1. The summed E-state index contributed by atoms with van der Waals surface area (Å²) in [6, 6.07) is 7.78. The van der Waals surface area contributed by atoms with Crippen molar-refractivity contribution in [3.63, 3.8) is 0 Å². The molecule has 1 heterocycles. The Kier molecular flexibility index (Phi) is 4.99. The average Bonchev–Trinajstić information content (AvgIpc) is 2.80. The number of rotatable bonds is 4. The molecular weight excluding hydrogens is 306 g/mol. The third-order valence-electron chi connectivity index (χ3n) is 3.85. The van der Waals surface area contributed by atoms with Gasteiger partial charge in [0.25, 0.3) is 0 Å². The number of sulfone groups is 1. The number of hydrogen-bond acceptors (Lipinski definition) is 4. The molecule has 0 N–H and O–H groups in total. The number of carbonyl (C=O) groups excluding carboxylic acids is 1. The fourth-order valence-electron chi connectivity index (χ4n) is 2.48. The molecule has 1 aromatic carbocycles. The first-order chi connectivity index (χ1) is 9.80. The molecule has 0 radical (unpaired) electrons. The summed E-state index contributed by atoms with van der Waals surface area (Å²) in [5.74, 6) is 0.274. The Hall–Kier alpha value is -1.01. The first kappa shape index (κ1) is 16.4. The van der Waals surface area contributed by atoms with Crippen molar-refractivity contribution in [1.29, 1.82) is 0 Å². The molecule has 21 heavy (non-hydrogen) atoms. The lowest BCUT2D eigenvalue weighted by Crippen LogP contribution is -2.41. The van der Waals surface area contributed by atoms with Crippen LogP contribution in [0, 0.1) is 6.92 Å². The molecular formula is C15H21NO3S2. The molecule has 1 saturated heterocycles. The van der Waals surface area contributed by atoms with Crippen LogP contribution in [0.25, 0.3) is 0 Å². The minimum atomic E-state index is -2.97. The van der Waals surface area contributed by atoms with Crippen molar-refractivity contribution >= 4 is 27.5 Å². The van der Waals surface area contributed by atoms with Crippen molar-refractivity contribution in [2.45, 2.75) is 36.5 Å². The van der Waals surface area contributed by atoms with Gasteiger partial charge in [-0.15, -0.1) is 11.8 Å². The highest BCUT2D eigenvalue weighted by Crippen LogP contribution is 2.28. The number of aryl methyl sites for hydroxylation is 1. The Labute approximate surface area is 130 Å².